The van der Waals surface area contributed by atoms with Crippen LogP contribution >= 0.6 is 11.3 Å². The first-order valence-electron chi connectivity index (χ1n) is 18.3. The van der Waals surface area contributed by atoms with E-state index in [1.165, 1.54) is 31.3 Å². The highest BCUT2D eigenvalue weighted by Crippen LogP contribution is 2.42. The summed E-state index contributed by atoms with van der Waals surface area (Å²) < 4.78 is 2.35. The first-order chi connectivity index (χ1) is 27.2. The van der Waals surface area contributed by atoms with Crippen molar-refractivity contribution in [2.75, 3.05) is 0 Å². The van der Waals surface area contributed by atoms with Crippen molar-refractivity contribution < 1.29 is 0 Å². The lowest BCUT2D eigenvalue weighted by Crippen LogP contribution is -1.96. The average molecular weight is 721 g/mol. The van der Waals surface area contributed by atoms with E-state index in [2.05, 4.69) is 133 Å². The maximum Gasteiger partial charge on any atom is 0.160 e. The van der Waals surface area contributed by atoms with Crippen molar-refractivity contribution >= 4 is 31.5 Å². The van der Waals surface area contributed by atoms with Gasteiger partial charge in [0.15, 0.2) is 11.6 Å². The molecule has 3 heterocycles. The minimum Gasteiger partial charge on any atom is -0.228 e. The van der Waals surface area contributed by atoms with Crippen LogP contribution in [0.15, 0.2) is 194 Å². The fourth-order valence-corrected chi connectivity index (χ4v) is 8.41. The van der Waals surface area contributed by atoms with Gasteiger partial charge in [-0.25, -0.2) is 19.9 Å². The molecule has 0 radical (unpaired) electrons. The molecule has 10 aromatic rings. The van der Waals surface area contributed by atoms with Gasteiger partial charge in [0, 0.05) is 53.6 Å². The zero-order valence-electron chi connectivity index (χ0n) is 29.7. The van der Waals surface area contributed by atoms with Crippen LogP contribution in [0.1, 0.15) is 0 Å². The third kappa shape index (κ3) is 6.37. The van der Waals surface area contributed by atoms with Crippen molar-refractivity contribution in [1.82, 2.24) is 19.9 Å². The number of nitrogens with zero attached hydrogens (tertiary/aromatic N) is 4. The van der Waals surface area contributed by atoms with Gasteiger partial charge in [-0.15, -0.1) is 11.3 Å². The molecule has 0 amide bonds. The highest BCUT2D eigenvalue weighted by atomic mass is 32.1. The van der Waals surface area contributed by atoms with Crippen LogP contribution in [-0.4, -0.2) is 19.9 Å². The highest BCUT2D eigenvalue weighted by molar-refractivity contribution is 7.26. The quantitative estimate of drug-likeness (QED) is 0.164. The summed E-state index contributed by atoms with van der Waals surface area (Å²) in [5.41, 5.74) is 12.1. The largest absolute Gasteiger partial charge is 0.228 e. The molecule has 0 aliphatic heterocycles. The fourth-order valence-electron chi connectivity index (χ4n) is 7.14. The van der Waals surface area contributed by atoms with Crippen LogP contribution in [0.25, 0.3) is 99.1 Å². The van der Waals surface area contributed by atoms with Gasteiger partial charge in [-0.05, 0) is 29.3 Å². The SMILES string of the molecule is c1ccc(-c2ccc(-c3cc(-c4cccc5c4sc4cc(-c6nc(-c7ccccc7)cc(-c7ccccc7)n6)ccc45)nc(-c4ccccc4)n3)cc2)cc1. The van der Waals surface area contributed by atoms with Crippen LogP contribution in [0, 0.1) is 0 Å². The third-order valence-corrected chi connectivity index (χ3v) is 11.1. The molecular formula is C50H32N4S. The van der Waals surface area contributed by atoms with E-state index in [0.717, 1.165) is 56.2 Å². The van der Waals surface area contributed by atoms with Gasteiger partial charge in [0.25, 0.3) is 0 Å². The molecule has 0 N–H and O–H groups in total. The molecule has 3 aromatic heterocycles. The summed E-state index contributed by atoms with van der Waals surface area (Å²) in [6.07, 6.45) is 0. The first kappa shape index (κ1) is 32.6. The topological polar surface area (TPSA) is 51.6 Å². The Bertz CT molecular complexity index is 2890. The minimum absolute atomic E-state index is 0.699. The predicted octanol–water partition coefficient (Wildman–Crippen LogP) is 13.3. The maximum atomic E-state index is 5.20. The summed E-state index contributed by atoms with van der Waals surface area (Å²) in [5, 5.41) is 2.39. The zero-order chi connectivity index (χ0) is 36.6. The number of hydrogen-bond donors (Lipinski definition) is 0. The van der Waals surface area contributed by atoms with Gasteiger partial charge in [-0.1, -0.05) is 176 Å². The lowest BCUT2D eigenvalue weighted by molar-refractivity contribution is 1.18. The Morgan fingerprint density at radius 1 is 0.291 bits per heavy atom. The molecule has 0 spiro atoms. The molecular weight excluding hydrogens is 689 g/mol. The molecule has 0 atom stereocenters. The molecule has 0 unspecified atom stereocenters. The summed E-state index contributed by atoms with van der Waals surface area (Å²) >= 11 is 1.78. The predicted molar refractivity (Wildman–Crippen MR) is 229 cm³/mol. The molecule has 0 aliphatic carbocycles. The van der Waals surface area contributed by atoms with Crippen molar-refractivity contribution in [3.8, 4) is 78.9 Å². The average Bonchev–Trinajstić information content (AvgIpc) is 3.66. The molecule has 0 saturated heterocycles. The van der Waals surface area contributed by atoms with Crippen molar-refractivity contribution in [3.63, 3.8) is 0 Å². The second-order valence-corrected chi connectivity index (χ2v) is 14.5. The summed E-state index contributed by atoms with van der Waals surface area (Å²) in [6.45, 7) is 0. The normalized spacial score (nSPS) is 11.3. The van der Waals surface area contributed by atoms with Gasteiger partial charge in [-0.2, -0.15) is 0 Å². The van der Waals surface area contributed by atoms with Crippen LogP contribution in [0.2, 0.25) is 0 Å². The van der Waals surface area contributed by atoms with Gasteiger partial charge in [-0.3, -0.25) is 0 Å². The Morgan fingerprint density at radius 3 is 1.33 bits per heavy atom. The molecule has 0 saturated carbocycles. The smallest absolute Gasteiger partial charge is 0.160 e. The number of benzene rings is 7. The second-order valence-electron chi connectivity index (χ2n) is 13.5. The lowest BCUT2D eigenvalue weighted by atomic mass is 10.0. The first-order valence-corrected chi connectivity index (χ1v) is 19.1. The highest BCUT2D eigenvalue weighted by Gasteiger charge is 2.17. The molecule has 258 valence electrons. The minimum atomic E-state index is 0.699. The Hall–Kier alpha value is -7.08. The summed E-state index contributed by atoms with van der Waals surface area (Å²) in [5.74, 6) is 1.40. The fraction of sp³-hybridized carbons (Fsp3) is 0. The summed E-state index contributed by atoms with van der Waals surface area (Å²) in [7, 11) is 0. The number of thiophene rings is 1. The van der Waals surface area contributed by atoms with Crippen LogP contribution in [-0.2, 0) is 0 Å². The van der Waals surface area contributed by atoms with Gasteiger partial charge < -0.3 is 0 Å². The second kappa shape index (κ2) is 14.0. The van der Waals surface area contributed by atoms with Gasteiger partial charge >= 0.3 is 0 Å². The molecule has 0 fully saturated rings. The van der Waals surface area contributed by atoms with E-state index >= 15 is 0 Å². The Labute approximate surface area is 323 Å². The molecule has 55 heavy (non-hydrogen) atoms. The van der Waals surface area contributed by atoms with Crippen LogP contribution < -0.4 is 0 Å². The van der Waals surface area contributed by atoms with E-state index in [1.807, 2.05) is 60.7 Å². The van der Waals surface area contributed by atoms with E-state index in [1.54, 1.807) is 11.3 Å². The van der Waals surface area contributed by atoms with Crippen LogP contribution in [0.5, 0.6) is 0 Å². The van der Waals surface area contributed by atoms with Crippen molar-refractivity contribution in [2.45, 2.75) is 0 Å². The van der Waals surface area contributed by atoms with Crippen molar-refractivity contribution in [3.05, 3.63) is 194 Å². The molecule has 0 bridgehead atoms. The van der Waals surface area contributed by atoms with Gasteiger partial charge in [0.05, 0.1) is 22.8 Å². The Balaban J connectivity index is 1.10. The molecule has 4 nitrogen and oxygen atoms in total. The summed E-state index contributed by atoms with van der Waals surface area (Å²) in [6, 6.07) is 67.3. The van der Waals surface area contributed by atoms with Crippen molar-refractivity contribution in [2.24, 2.45) is 0 Å². The van der Waals surface area contributed by atoms with Crippen LogP contribution in [0.3, 0.4) is 0 Å². The van der Waals surface area contributed by atoms with E-state index in [0.29, 0.717) is 11.6 Å². The van der Waals surface area contributed by atoms with E-state index in [4.69, 9.17) is 19.9 Å². The lowest BCUT2D eigenvalue weighted by Gasteiger charge is -2.11. The van der Waals surface area contributed by atoms with E-state index in [-0.39, 0.29) is 0 Å². The number of rotatable bonds is 7. The number of fused-ring (bicyclic) bond motifs is 3. The zero-order valence-corrected chi connectivity index (χ0v) is 30.5. The standard InChI is InChI=1S/C50H32N4S/c1-5-14-33(15-6-1)34-24-26-37(27-25-34)45-32-46(54-49(51-45)38-20-11-4-12-21-38)42-23-13-22-41-40-29-28-39(30-47(40)55-48(41)42)50-52-43(35-16-7-2-8-17-35)31-44(53-50)36-18-9-3-10-19-36/h1-32H. The summed E-state index contributed by atoms with van der Waals surface area (Å²) in [4.78, 5) is 20.5. The number of hydrogen-bond acceptors (Lipinski definition) is 5. The molecule has 10 rings (SSSR count). The van der Waals surface area contributed by atoms with Gasteiger partial charge in [0.2, 0.25) is 0 Å². The Morgan fingerprint density at radius 2 is 0.727 bits per heavy atom. The van der Waals surface area contributed by atoms with Crippen molar-refractivity contribution in [1.29, 1.82) is 0 Å². The van der Waals surface area contributed by atoms with Crippen LogP contribution in [0.4, 0.5) is 0 Å². The van der Waals surface area contributed by atoms with E-state index < -0.39 is 0 Å². The van der Waals surface area contributed by atoms with Gasteiger partial charge in [0.1, 0.15) is 0 Å². The molecule has 7 aromatic carbocycles. The monoisotopic (exact) mass is 720 g/mol. The van der Waals surface area contributed by atoms with E-state index in [9.17, 15) is 0 Å². The molecule has 5 heteroatoms. The molecule has 0 aliphatic rings. The maximum absolute atomic E-state index is 5.20. The third-order valence-electron chi connectivity index (χ3n) is 9.94. The number of aromatic nitrogens is 4. The Kier molecular flexibility index (Phi) is 8.32.